The van der Waals surface area contributed by atoms with Crippen LogP contribution in [0.5, 0.6) is 0 Å². The van der Waals surface area contributed by atoms with Gasteiger partial charge in [0, 0.05) is 10.9 Å². The van der Waals surface area contributed by atoms with Crippen molar-refractivity contribution in [1.82, 2.24) is 0 Å². The van der Waals surface area contributed by atoms with Gasteiger partial charge >= 0.3 is 0 Å². The molecule has 0 aliphatic carbocycles. The molecule has 0 saturated heterocycles. The Morgan fingerprint density at radius 2 is 2.33 bits per heavy atom. The highest BCUT2D eigenvalue weighted by atomic mass is 32.1. The van der Waals surface area contributed by atoms with Crippen LogP contribution in [0.4, 0.5) is 0 Å². The van der Waals surface area contributed by atoms with Crippen molar-refractivity contribution in [2.45, 2.75) is 19.9 Å². The van der Waals surface area contributed by atoms with Crippen molar-refractivity contribution in [3.63, 3.8) is 0 Å². The number of hydrogen-bond donors (Lipinski definition) is 1. The number of nitrogens with two attached hydrogens (primary N) is 1. The topological polar surface area (TPSA) is 26.0 Å². The Morgan fingerprint density at radius 3 is 2.56 bits per heavy atom. The van der Waals surface area contributed by atoms with Crippen LogP contribution in [0.1, 0.15) is 23.4 Å². The summed E-state index contributed by atoms with van der Waals surface area (Å²) in [6.07, 6.45) is 0. The quantitative estimate of drug-likeness (QED) is 0.636. The molecule has 1 aromatic rings. The average molecular weight is 141 g/mol. The van der Waals surface area contributed by atoms with Gasteiger partial charge in [-0.05, 0) is 30.9 Å². The summed E-state index contributed by atoms with van der Waals surface area (Å²) in [5.41, 5.74) is 6.94. The minimum atomic E-state index is 0.191. The van der Waals surface area contributed by atoms with Gasteiger partial charge in [0.15, 0.2) is 0 Å². The maximum absolute atomic E-state index is 5.67. The van der Waals surface area contributed by atoms with Gasteiger partial charge in [-0.2, -0.15) is 0 Å². The predicted molar refractivity (Wildman–Crippen MR) is 41.7 cm³/mol. The monoisotopic (exact) mass is 141 g/mol. The van der Waals surface area contributed by atoms with E-state index in [0.29, 0.717) is 0 Å². The van der Waals surface area contributed by atoms with E-state index in [2.05, 4.69) is 18.4 Å². The average Bonchev–Trinajstić information content (AvgIpc) is 2.13. The Bertz CT molecular complexity index is 191. The summed E-state index contributed by atoms with van der Waals surface area (Å²) in [4.78, 5) is 1.34. The van der Waals surface area contributed by atoms with E-state index < -0.39 is 0 Å². The van der Waals surface area contributed by atoms with Crippen molar-refractivity contribution >= 4 is 11.3 Å². The SMILES string of the molecule is Cc1sccc1[C@@H](C)N. The number of rotatable bonds is 1. The molecule has 0 amide bonds. The summed E-state index contributed by atoms with van der Waals surface area (Å²) in [7, 11) is 0. The molecule has 1 atom stereocenters. The highest BCUT2D eigenvalue weighted by molar-refractivity contribution is 7.10. The largest absolute Gasteiger partial charge is 0.324 e. The molecule has 2 heteroatoms. The lowest BCUT2D eigenvalue weighted by atomic mass is 10.1. The summed E-state index contributed by atoms with van der Waals surface area (Å²) < 4.78 is 0. The predicted octanol–water partition coefficient (Wildman–Crippen LogP) is 2.08. The molecule has 0 aliphatic rings. The van der Waals surface area contributed by atoms with Crippen LogP contribution in [0, 0.1) is 6.92 Å². The van der Waals surface area contributed by atoms with Gasteiger partial charge in [0.2, 0.25) is 0 Å². The van der Waals surface area contributed by atoms with Gasteiger partial charge in [0.25, 0.3) is 0 Å². The van der Waals surface area contributed by atoms with E-state index >= 15 is 0 Å². The summed E-state index contributed by atoms with van der Waals surface area (Å²) in [6.45, 7) is 4.11. The second kappa shape index (κ2) is 2.50. The van der Waals surface area contributed by atoms with Gasteiger partial charge in [-0.25, -0.2) is 0 Å². The molecule has 9 heavy (non-hydrogen) atoms. The molecule has 0 bridgehead atoms. The third-order valence-corrected chi connectivity index (χ3v) is 2.25. The lowest BCUT2D eigenvalue weighted by Crippen LogP contribution is -2.04. The normalized spacial score (nSPS) is 13.7. The molecule has 1 rings (SSSR count). The Labute approximate surface area is 59.5 Å². The molecule has 0 aromatic carbocycles. The molecule has 0 saturated carbocycles. The van der Waals surface area contributed by atoms with Crippen LogP contribution in [0.25, 0.3) is 0 Å². The second-order valence-electron chi connectivity index (χ2n) is 2.22. The van der Waals surface area contributed by atoms with E-state index in [4.69, 9.17) is 5.73 Å². The highest BCUT2D eigenvalue weighted by Gasteiger charge is 2.02. The first kappa shape index (κ1) is 6.78. The molecule has 0 spiro atoms. The number of thiophene rings is 1. The van der Waals surface area contributed by atoms with Crippen molar-refractivity contribution in [3.05, 3.63) is 21.9 Å². The molecule has 50 valence electrons. The maximum Gasteiger partial charge on any atom is 0.0277 e. The molecule has 1 nitrogen and oxygen atoms in total. The van der Waals surface area contributed by atoms with Crippen LogP contribution >= 0.6 is 11.3 Å². The van der Waals surface area contributed by atoms with E-state index in [0.717, 1.165) is 0 Å². The standard InChI is InChI=1S/C7H11NS/c1-5(8)7-3-4-9-6(7)2/h3-5H,8H2,1-2H3/t5-/m1/s1. The van der Waals surface area contributed by atoms with Crippen LogP contribution in [-0.2, 0) is 0 Å². The van der Waals surface area contributed by atoms with Crippen molar-refractivity contribution in [3.8, 4) is 0 Å². The summed E-state index contributed by atoms with van der Waals surface area (Å²) in [5.74, 6) is 0. The van der Waals surface area contributed by atoms with E-state index in [9.17, 15) is 0 Å². The van der Waals surface area contributed by atoms with E-state index in [-0.39, 0.29) is 6.04 Å². The van der Waals surface area contributed by atoms with Crippen LogP contribution in [0.3, 0.4) is 0 Å². The van der Waals surface area contributed by atoms with Crippen LogP contribution in [0.15, 0.2) is 11.4 Å². The van der Waals surface area contributed by atoms with Gasteiger partial charge in [-0.1, -0.05) is 0 Å². The zero-order valence-electron chi connectivity index (χ0n) is 5.72. The Morgan fingerprint density at radius 1 is 1.67 bits per heavy atom. The fourth-order valence-electron chi connectivity index (χ4n) is 0.867. The Kier molecular flexibility index (Phi) is 1.88. The van der Waals surface area contributed by atoms with Crippen LogP contribution in [-0.4, -0.2) is 0 Å². The van der Waals surface area contributed by atoms with E-state index in [1.54, 1.807) is 11.3 Å². The third kappa shape index (κ3) is 1.32. The molecule has 1 aromatic heterocycles. The first-order chi connectivity index (χ1) is 4.22. The van der Waals surface area contributed by atoms with Crippen LogP contribution < -0.4 is 5.73 Å². The minimum absolute atomic E-state index is 0.191. The molecular weight excluding hydrogens is 130 g/mol. The van der Waals surface area contributed by atoms with E-state index in [1.807, 2.05) is 6.92 Å². The number of aryl methyl sites for hydroxylation is 1. The summed E-state index contributed by atoms with van der Waals surface area (Å²) in [6, 6.07) is 2.28. The molecule has 0 fully saturated rings. The smallest absolute Gasteiger partial charge is 0.0277 e. The second-order valence-corrected chi connectivity index (χ2v) is 3.34. The van der Waals surface area contributed by atoms with Gasteiger partial charge in [-0.15, -0.1) is 11.3 Å². The molecule has 1 heterocycles. The Balaban J connectivity index is 2.94. The molecule has 0 unspecified atom stereocenters. The van der Waals surface area contributed by atoms with Gasteiger partial charge in [0.05, 0.1) is 0 Å². The lowest BCUT2D eigenvalue weighted by molar-refractivity contribution is 0.816. The highest BCUT2D eigenvalue weighted by Crippen LogP contribution is 2.19. The van der Waals surface area contributed by atoms with Crippen molar-refractivity contribution in [2.75, 3.05) is 0 Å². The first-order valence-electron chi connectivity index (χ1n) is 3.01. The fraction of sp³-hybridized carbons (Fsp3) is 0.429. The van der Waals surface area contributed by atoms with Gasteiger partial charge < -0.3 is 5.73 Å². The molecule has 0 radical (unpaired) electrons. The third-order valence-electron chi connectivity index (χ3n) is 1.39. The molecular formula is C7H11NS. The van der Waals surface area contributed by atoms with Crippen molar-refractivity contribution < 1.29 is 0 Å². The molecule has 0 aliphatic heterocycles. The zero-order valence-corrected chi connectivity index (χ0v) is 6.53. The fourth-order valence-corrected chi connectivity index (χ4v) is 1.68. The maximum atomic E-state index is 5.67. The summed E-state index contributed by atoms with van der Waals surface area (Å²) in [5, 5.41) is 2.08. The Hall–Kier alpha value is -0.340. The first-order valence-corrected chi connectivity index (χ1v) is 3.89. The molecule has 2 N–H and O–H groups in total. The van der Waals surface area contributed by atoms with Crippen molar-refractivity contribution in [1.29, 1.82) is 0 Å². The minimum Gasteiger partial charge on any atom is -0.324 e. The van der Waals surface area contributed by atoms with Gasteiger partial charge in [-0.3, -0.25) is 0 Å². The lowest BCUT2D eigenvalue weighted by Gasteiger charge is -2.01. The van der Waals surface area contributed by atoms with Crippen molar-refractivity contribution in [2.24, 2.45) is 5.73 Å². The number of hydrogen-bond acceptors (Lipinski definition) is 2. The van der Waals surface area contributed by atoms with E-state index in [1.165, 1.54) is 10.4 Å². The summed E-state index contributed by atoms with van der Waals surface area (Å²) >= 11 is 1.75. The van der Waals surface area contributed by atoms with Gasteiger partial charge in [0.1, 0.15) is 0 Å². The zero-order chi connectivity index (χ0) is 6.85. The van der Waals surface area contributed by atoms with Crippen LogP contribution in [0.2, 0.25) is 0 Å².